The van der Waals surface area contributed by atoms with Gasteiger partial charge in [-0.05, 0) is 11.8 Å². The fraction of sp³-hybridized carbons (Fsp3) is 0.312. The molecule has 4 aromatic heterocycles. The number of rotatable bonds is 6. The van der Waals surface area contributed by atoms with E-state index >= 15 is 0 Å². The lowest BCUT2D eigenvalue weighted by Crippen LogP contribution is -2.14. The molecule has 0 saturated heterocycles. The number of halogens is 3. The first-order chi connectivity index (χ1) is 15.1. The molecule has 4 rings (SSSR count). The van der Waals surface area contributed by atoms with Gasteiger partial charge in [-0.2, -0.15) is 44.8 Å². The second-order valence-electron chi connectivity index (χ2n) is 6.40. The standard InChI is InChI=1S/C16H12F3N8O3S2/c17-16(18,19)7-5-6(26-14(20-7)21-8(24-26)1-3-28)11-10(13(29)30)12(32)27-15(23-11)22-9(25-27)2-4-31/h5,28,31H,1-4H2,(H,29,30). The summed E-state index contributed by atoms with van der Waals surface area (Å²) in [4.78, 5) is 27.7. The second kappa shape index (κ2) is 8.10. The van der Waals surface area contributed by atoms with Gasteiger partial charge in [-0.1, -0.05) is 12.6 Å². The van der Waals surface area contributed by atoms with E-state index in [2.05, 4.69) is 42.8 Å². The predicted octanol–water partition coefficient (Wildman–Crippen LogP) is 1.51. The molecule has 0 saturated carbocycles. The van der Waals surface area contributed by atoms with Crippen LogP contribution in [0.4, 0.5) is 13.2 Å². The lowest BCUT2D eigenvalue weighted by molar-refractivity contribution is -0.141. The van der Waals surface area contributed by atoms with Gasteiger partial charge >= 0.3 is 12.1 Å². The van der Waals surface area contributed by atoms with Crippen LogP contribution in [-0.4, -0.2) is 67.7 Å². The number of aromatic nitrogens is 8. The smallest absolute Gasteiger partial charge is 0.433 e. The number of aliphatic hydroxyl groups excluding tert-OH is 1. The highest BCUT2D eigenvalue weighted by atomic mass is 32.1. The van der Waals surface area contributed by atoms with E-state index in [0.29, 0.717) is 18.2 Å². The normalized spacial score (nSPS) is 12.2. The summed E-state index contributed by atoms with van der Waals surface area (Å²) in [5, 5.41) is 26.7. The maximum atomic E-state index is 13.5. The second-order valence-corrected chi connectivity index (χ2v) is 7.23. The van der Waals surface area contributed by atoms with E-state index in [1.54, 1.807) is 0 Å². The number of carbonyl (C=O) groups is 1. The molecule has 0 amide bonds. The van der Waals surface area contributed by atoms with E-state index in [1.807, 2.05) is 0 Å². The summed E-state index contributed by atoms with van der Waals surface area (Å²) in [6, 6.07) is 0.607. The van der Waals surface area contributed by atoms with Gasteiger partial charge in [0, 0.05) is 12.8 Å². The van der Waals surface area contributed by atoms with Gasteiger partial charge in [-0.15, -0.1) is 10.2 Å². The van der Waals surface area contributed by atoms with Crippen molar-refractivity contribution in [1.82, 2.24) is 39.2 Å². The van der Waals surface area contributed by atoms with Crippen LogP contribution in [0.3, 0.4) is 0 Å². The minimum absolute atomic E-state index is 0.00988. The number of hydrogen-bond donors (Lipinski definition) is 3. The SMILES string of the molecule is O=C(O)c1c(-c2cc(C(F)(F)F)nc3nc(CCO)nn23)nc2nc(CCS)nn2c1[S]. The van der Waals surface area contributed by atoms with Gasteiger partial charge in [-0.25, -0.2) is 14.8 Å². The van der Waals surface area contributed by atoms with Crippen LogP contribution >= 0.6 is 25.3 Å². The average Bonchev–Trinajstić information content (AvgIpc) is 3.30. The Morgan fingerprint density at radius 1 is 1.06 bits per heavy atom. The van der Waals surface area contributed by atoms with Gasteiger partial charge < -0.3 is 10.2 Å². The molecular weight excluding hydrogens is 473 g/mol. The van der Waals surface area contributed by atoms with Crippen molar-refractivity contribution in [1.29, 1.82) is 0 Å². The van der Waals surface area contributed by atoms with Crippen molar-refractivity contribution in [3.8, 4) is 11.4 Å². The fourth-order valence-electron chi connectivity index (χ4n) is 2.93. The summed E-state index contributed by atoms with van der Waals surface area (Å²) in [5.74, 6) is -1.38. The number of carboxylic acids is 1. The maximum Gasteiger partial charge on any atom is 0.433 e. The molecule has 0 unspecified atom stereocenters. The van der Waals surface area contributed by atoms with Crippen molar-refractivity contribution in [2.75, 3.05) is 12.4 Å². The Kier molecular flexibility index (Phi) is 5.59. The molecule has 32 heavy (non-hydrogen) atoms. The first kappa shape index (κ1) is 22.1. The zero-order valence-corrected chi connectivity index (χ0v) is 17.5. The van der Waals surface area contributed by atoms with Crippen LogP contribution in [0.1, 0.15) is 27.7 Å². The van der Waals surface area contributed by atoms with E-state index in [1.165, 1.54) is 0 Å². The highest BCUT2D eigenvalue weighted by molar-refractivity contribution is 7.80. The third-order valence-corrected chi connectivity index (χ3v) is 4.86. The Morgan fingerprint density at radius 2 is 1.69 bits per heavy atom. The predicted molar refractivity (Wildman–Crippen MR) is 107 cm³/mol. The monoisotopic (exact) mass is 485 g/mol. The van der Waals surface area contributed by atoms with Crippen molar-refractivity contribution in [3.05, 3.63) is 29.0 Å². The molecule has 0 bridgehead atoms. The molecule has 0 atom stereocenters. The van der Waals surface area contributed by atoms with Crippen LogP contribution in [0.5, 0.6) is 0 Å². The van der Waals surface area contributed by atoms with Gasteiger partial charge in [0.25, 0.3) is 11.6 Å². The quantitative estimate of drug-likeness (QED) is 0.273. The number of alkyl halides is 3. The number of aromatic carboxylic acids is 1. The molecule has 2 N–H and O–H groups in total. The van der Waals surface area contributed by atoms with Gasteiger partial charge in [0.15, 0.2) is 17.3 Å². The van der Waals surface area contributed by atoms with Gasteiger partial charge in [0.1, 0.15) is 16.3 Å². The lowest BCUT2D eigenvalue weighted by Gasteiger charge is -2.12. The zero-order valence-electron chi connectivity index (χ0n) is 15.8. The van der Waals surface area contributed by atoms with Crippen LogP contribution in [0.2, 0.25) is 0 Å². The van der Waals surface area contributed by atoms with Crippen molar-refractivity contribution in [2.24, 2.45) is 0 Å². The van der Waals surface area contributed by atoms with E-state index < -0.39 is 34.9 Å². The Morgan fingerprint density at radius 3 is 2.28 bits per heavy atom. The van der Waals surface area contributed by atoms with E-state index in [4.69, 9.17) is 17.7 Å². The van der Waals surface area contributed by atoms with E-state index in [0.717, 1.165) is 9.03 Å². The molecule has 0 aromatic carbocycles. The van der Waals surface area contributed by atoms with Crippen LogP contribution in [0.25, 0.3) is 22.9 Å². The van der Waals surface area contributed by atoms with Crippen LogP contribution in [-0.2, 0) is 19.0 Å². The first-order valence-electron chi connectivity index (χ1n) is 8.90. The number of aliphatic hydroxyl groups is 1. The van der Waals surface area contributed by atoms with Crippen LogP contribution in [0.15, 0.2) is 11.1 Å². The van der Waals surface area contributed by atoms with Gasteiger partial charge in [-0.3, -0.25) is 0 Å². The third-order valence-electron chi connectivity index (χ3n) is 4.26. The van der Waals surface area contributed by atoms with Crippen molar-refractivity contribution in [2.45, 2.75) is 24.0 Å². The van der Waals surface area contributed by atoms with Crippen molar-refractivity contribution in [3.63, 3.8) is 0 Å². The number of aryl methyl sites for hydroxylation is 1. The molecule has 16 heteroatoms. The topological polar surface area (TPSA) is 144 Å². The molecule has 4 aromatic rings. The highest BCUT2D eigenvalue weighted by Gasteiger charge is 2.35. The molecule has 0 aliphatic rings. The number of hydrogen-bond acceptors (Lipinski definition) is 9. The molecule has 0 fully saturated rings. The first-order valence-corrected chi connectivity index (χ1v) is 9.94. The van der Waals surface area contributed by atoms with Crippen LogP contribution in [0, 0.1) is 0 Å². The highest BCUT2D eigenvalue weighted by Crippen LogP contribution is 2.33. The summed E-state index contributed by atoms with van der Waals surface area (Å²) in [6.45, 7) is -0.354. The Bertz CT molecular complexity index is 1350. The van der Waals surface area contributed by atoms with Crippen molar-refractivity contribution >= 4 is 42.8 Å². The summed E-state index contributed by atoms with van der Waals surface area (Å²) in [5.41, 5.74) is -2.65. The number of fused-ring (bicyclic) bond motifs is 2. The Labute approximate surface area is 187 Å². The Hall–Kier alpha value is -3.11. The molecule has 4 heterocycles. The summed E-state index contributed by atoms with van der Waals surface area (Å²) < 4.78 is 42.4. The lowest BCUT2D eigenvalue weighted by atomic mass is 10.1. The number of nitrogens with zero attached hydrogens (tertiary/aromatic N) is 8. The third kappa shape index (κ3) is 3.80. The summed E-state index contributed by atoms with van der Waals surface area (Å²) in [7, 11) is 0. The minimum atomic E-state index is -4.86. The Balaban J connectivity index is 2.08. The van der Waals surface area contributed by atoms with E-state index in [9.17, 15) is 23.1 Å². The average molecular weight is 485 g/mol. The minimum Gasteiger partial charge on any atom is -0.478 e. The molecule has 0 aliphatic heterocycles. The molecule has 167 valence electrons. The maximum absolute atomic E-state index is 13.5. The number of carboxylic acid groups (broad SMARTS) is 1. The van der Waals surface area contributed by atoms with Gasteiger partial charge in [0.2, 0.25) is 0 Å². The fourth-order valence-corrected chi connectivity index (χ4v) is 3.44. The molecule has 0 spiro atoms. The van der Waals surface area contributed by atoms with Crippen LogP contribution < -0.4 is 0 Å². The van der Waals surface area contributed by atoms with Gasteiger partial charge in [0.05, 0.1) is 12.3 Å². The molecule has 0 aliphatic carbocycles. The van der Waals surface area contributed by atoms with E-state index in [-0.39, 0.29) is 41.2 Å². The zero-order chi connectivity index (χ0) is 23.2. The molecule has 1 radical (unpaired) electrons. The molecule has 11 nitrogen and oxygen atoms in total. The summed E-state index contributed by atoms with van der Waals surface area (Å²) >= 11 is 9.32. The van der Waals surface area contributed by atoms with Crippen molar-refractivity contribution < 1.29 is 28.2 Å². The largest absolute Gasteiger partial charge is 0.478 e. The molecular formula is C16H12F3N8O3S2. The number of thiol groups is 1. The summed E-state index contributed by atoms with van der Waals surface area (Å²) in [6.07, 6.45) is -4.57.